The van der Waals surface area contributed by atoms with Crippen molar-refractivity contribution >= 4 is 17.4 Å². The van der Waals surface area contributed by atoms with E-state index < -0.39 is 0 Å². The Balaban J connectivity index is 1.63. The van der Waals surface area contributed by atoms with Crippen molar-refractivity contribution in [1.82, 2.24) is 10.2 Å². The van der Waals surface area contributed by atoms with Crippen LogP contribution in [0.3, 0.4) is 0 Å². The molecule has 140 valence electrons. The number of carbonyl (C=O) groups excluding carboxylic acids is 1. The Labute approximate surface area is 158 Å². The number of ether oxygens (including phenoxy) is 2. The van der Waals surface area contributed by atoms with Crippen molar-refractivity contribution in [3.8, 4) is 5.75 Å². The summed E-state index contributed by atoms with van der Waals surface area (Å²) in [4.78, 5) is 17.0. The van der Waals surface area contributed by atoms with Gasteiger partial charge in [0.2, 0.25) is 0 Å². The van der Waals surface area contributed by atoms with Crippen molar-refractivity contribution in [2.45, 2.75) is 39.0 Å². The molecule has 3 rings (SSSR count). The molecule has 5 nitrogen and oxygen atoms in total. The molecule has 1 aromatic carbocycles. The van der Waals surface area contributed by atoms with Crippen LogP contribution in [-0.2, 0) is 17.8 Å². The normalized spacial score (nSPS) is 16.5. The molecule has 0 saturated carbocycles. The predicted molar refractivity (Wildman–Crippen MR) is 104 cm³/mol. The van der Waals surface area contributed by atoms with Crippen LogP contribution in [-0.4, -0.2) is 37.3 Å². The molecule has 6 heteroatoms. The van der Waals surface area contributed by atoms with Gasteiger partial charge < -0.3 is 19.7 Å². The number of methoxy groups -OCH3 is 1. The Bertz CT molecular complexity index is 708. The highest BCUT2D eigenvalue weighted by atomic mass is 32.1. The zero-order valence-corrected chi connectivity index (χ0v) is 16.2. The Morgan fingerprint density at radius 1 is 1.31 bits per heavy atom. The molecular weight excluding hydrogens is 348 g/mol. The van der Waals surface area contributed by atoms with E-state index in [-0.39, 0.29) is 12.1 Å². The Morgan fingerprint density at radius 2 is 2.12 bits per heavy atom. The first-order chi connectivity index (χ1) is 12.6. The number of thiophene rings is 1. The van der Waals surface area contributed by atoms with Crippen LogP contribution in [0.25, 0.3) is 0 Å². The quantitative estimate of drug-likeness (QED) is 0.798. The average molecular weight is 375 g/mol. The van der Waals surface area contributed by atoms with Gasteiger partial charge >= 0.3 is 6.03 Å². The topological polar surface area (TPSA) is 50.8 Å². The SMILES string of the molecule is COc1ccc(CN(CC2CCCO2)C(=O)NCc2ccc(C)s2)cc1. The summed E-state index contributed by atoms with van der Waals surface area (Å²) in [5, 5.41) is 3.05. The van der Waals surface area contributed by atoms with Gasteiger partial charge in [-0.05, 0) is 49.6 Å². The Hall–Kier alpha value is -2.05. The molecule has 0 spiro atoms. The van der Waals surface area contributed by atoms with Gasteiger partial charge in [-0.2, -0.15) is 0 Å². The van der Waals surface area contributed by atoms with Gasteiger partial charge in [0.05, 0.1) is 19.8 Å². The van der Waals surface area contributed by atoms with E-state index in [1.165, 1.54) is 4.88 Å². The third-order valence-electron chi connectivity index (χ3n) is 4.48. The minimum Gasteiger partial charge on any atom is -0.497 e. The van der Waals surface area contributed by atoms with Crippen LogP contribution >= 0.6 is 11.3 Å². The lowest BCUT2D eigenvalue weighted by Gasteiger charge is -2.26. The molecule has 26 heavy (non-hydrogen) atoms. The van der Waals surface area contributed by atoms with E-state index in [0.29, 0.717) is 19.6 Å². The van der Waals surface area contributed by atoms with Crippen molar-refractivity contribution in [2.24, 2.45) is 0 Å². The maximum atomic E-state index is 12.8. The number of benzene rings is 1. The fourth-order valence-electron chi connectivity index (χ4n) is 3.06. The zero-order chi connectivity index (χ0) is 18.4. The molecule has 1 fully saturated rings. The largest absolute Gasteiger partial charge is 0.497 e. The zero-order valence-electron chi connectivity index (χ0n) is 15.4. The summed E-state index contributed by atoms with van der Waals surface area (Å²) in [6, 6.07) is 11.9. The summed E-state index contributed by atoms with van der Waals surface area (Å²) in [5.41, 5.74) is 1.07. The molecule has 2 amide bonds. The van der Waals surface area contributed by atoms with E-state index >= 15 is 0 Å². The first kappa shape index (κ1) is 18.7. The van der Waals surface area contributed by atoms with Crippen LogP contribution in [0.4, 0.5) is 4.79 Å². The lowest BCUT2D eigenvalue weighted by Crippen LogP contribution is -2.43. The molecule has 1 N–H and O–H groups in total. The first-order valence-corrected chi connectivity index (χ1v) is 9.78. The summed E-state index contributed by atoms with van der Waals surface area (Å²) < 4.78 is 10.9. The van der Waals surface area contributed by atoms with Crippen LogP contribution in [0.1, 0.15) is 28.2 Å². The molecule has 1 aliphatic heterocycles. The van der Waals surface area contributed by atoms with E-state index in [1.807, 2.05) is 29.2 Å². The molecule has 1 atom stereocenters. The number of hydrogen-bond acceptors (Lipinski definition) is 4. The Morgan fingerprint density at radius 3 is 2.73 bits per heavy atom. The summed E-state index contributed by atoms with van der Waals surface area (Å²) in [5.74, 6) is 0.817. The van der Waals surface area contributed by atoms with Crippen LogP contribution < -0.4 is 10.1 Å². The van der Waals surface area contributed by atoms with Crippen LogP contribution in [0, 0.1) is 6.92 Å². The highest BCUT2D eigenvalue weighted by Gasteiger charge is 2.22. The molecule has 1 saturated heterocycles. The molecule has 0 bridgehead atoms. The number of urea groups is 1. The highest BCUT2D eigenvalue weighted by Crippen LogP contribution is 2.18. The van der Waals surface area contributed by atoms with Gasteiger partial charge in [-0.3, -0.25) is 0 Å². The van der Waals surface area contributed by atoms with Crippen molar-refractivity contribution in [1.29, 1.82) is 0 Å². The van der Waals surface area contributed by atoms with Crippen molar-refractivity contribution < 1.29 is 14.3 Å². The molecule has 2 heterocycles. The van der Waals surface area contributed by atoms with Crippen LogP contribution in [0.5, 0.6) is 5.75 Å². The minimum atomic E-state index is -0.0534. The van der Waals surface area contributed by atoms with E-state index in [9.17, 15) is 4.79 Å². The lowest BCUT2D eigenvalue weighted by molar-refractivity contribution is 0.0794. The number of nitrogens with one attached hydrogen (secondary N) is 1. The van der Waals surface area contributed by atoms with Gasteiger partial charge in [0, 0.05) is 29.5 Å². The third-order valence-corrected chi connectivity index (χ3v) is 5.48. The van der Waals surface area contributed by atoms with E-state index in [0.717, 1.165) is 35.6 Å². The molecule has 1 unspecified atom stereocenters. The number of aryl methyl sites for hydroxylation is 1. The number of hydrogen-bond donors (Lipinski definition) is 1. The maximum Gasteiger partial charge on any atom is 0.318 e. The van der Waals surface area contributed by atoms with Crippen molar-refractivity contribution in [3.05, 3.63) is 51.7 Å². The number of nitrogens with zero attached hydrogens (tertiary/aromatic N) is 1. The number of carbonyl (C=O) groups is 1. The number of rotatable bonds is 7. The first-order valence-electron chi connectivity index (χ1n) is 8.96. The predicted octanol–water partition coefficient (Wildman–Crippen LogP) is 3.96. The maximum absolute atomic E-state index is 12.8. The standard InChI is InChI=1S/C20H26N2O3S/c1-15-5-10-19(26-15)12-21-20(23)22(14-18-4-3-11-25-18)13-16-6-8-17(24-2)9-7-16/h5-10,18H,3-4,11-14H2,1-2H3,(H,21,23). The molecule has 2 aromatic rings. The molecule has 1 aromatic heterocycles. The van der Waals surface area contributed by atoms with Gasteiger partial charge in [0.25, 0.3) is 0 Å². The minimum absolute atomic E-state index is 0.0534. The monoisotopic (exact) mass is 374 g/mol. The smallest absolute Gasteiger partial charge is 0.318 e. The second-order valence-corrected chi connectivity index (χ2v) is 7.91. The molecule has 1 aliphatic rings. The highest BCUT2D eigenvalue weighted by molar-refractivity contribution is 7.11. The van der Waals surface area contributed by atoms with Crippen molar-refractivity contribution in [3.63, 3.8) is 0 Å². The van der Waals surface area contributed by atoms with Gasteiger partial charge in [-0.15, -0.1) is 11.3 Å². The van der Waals surface area contributed by atoms with E-state index in [2.05, 4.69) is 24.4 Å². The summed E-state index contributed by atoms with van der Waals surface area (Å²) >= 11 is 1.71. The van der Waals surface area contributed by atoms with Gasteiger partial charge in [-0.1, -0.05) is 12.1 Å². The van der Waals surface area contributed by atoms with Gasteiger partial charge in [-0.25, -0.2) is 4.79 Å². The van der Waals surface area contributed by atoms with Crippen molar-refractivity contribution in [2.75, 3.05) is 20.3 Å². The number of amides is 2. The molecule has 0 aliphatic carbocycles. The second-order valence-electron chi connectivity index (χ2n) is 6.53. The summed E-state index contributed by atoms with van der Waals surface area (Å²) in [6.07, 6.45) is 2.20. The second kappa shape index (κ2) is 9.05. The fraction of sp³-hybridized carbons (Fsp3) is 0.450. The third kappa shape index (κ3) is 5.22. The van der Waals surface area contributed by atoms with E-state index in [4.69, 9.17) is 9.47 Å². The van der Waals surface area contributed by atoms with Gasteiger partial charge in [0.1, 0.15) is 5.75 Å². The fourth-order valence-corrected chi connectivity index (χ4v) is 3.89. The average Bonchev–Trinajstić information content (AvgIpc) is 3.31. The van der Waals surface area contributed by atoms with Crippen LogP contribution in [0.15, 0.2) is 36.4 Å². The van der Waals surface area contributed by atoms with E-state index in [1.54, 1.807) is 18.4 Å². The van der Waals surface area contributed by atoms with Gasteiger partial charge in [0.15, 0.2) is 0 Å². The summed E-state index contributed by atoms with van der Waals surface area (Å²) in [6.45, 7) is 4.59. The van der Waals surface area contributed by atoms with Crippen LogP contribution in [0.2, 0.25) is 0 Å². The molecule has 0 radical (unpaired) electrons. The lowest BCUT2D eigenvalue weighted by atomic mass is 10.2. The molecular formula is C20H26N2O3S. The Kier molecular flexibility index (Phi) is 6.52. The summed E-state index contributed by atoms with van der Waals surface area (Å²) in [7, 11) is 1.65.